The highest BCUT2D eigenvalue weighted by molar-refractivity contribution is 7.13. The van der Waals surface area contributed by atoms with E-state index < -0.39 is 5.60 Å². The molecule has 0 spiro atoms. The van der Waals surface area contributed by atoms with Crippen molar-refractivity contribution in [3.05, 3.63) is 65.9 Å². The molecule has 1 atom stereocenters. The first-order valence-electron chi connectivity index (χ1n) is 9.94. The van der Waals surface area contributed by atoms with Gasteiger partial charge in [0.05, 0.1) is 23.8 Å². The largest absolute Gasteiger partial charge is 0.375 e. The number of nitrogens with one attached hydrogen (secondary N) is 1. The maximum absolute atomic E-state index is 12.5. The summed E-state index contributed by atoms with van der Waals surface area (Å²) in [7, 11) is 1.70. The lowest BCUT2D eigenvalue weighted by Crippen LogP contribution is -2.36. The van der Waals surface area contributed by atoms with Crippen molar-refractivity contribution in [2.24, 2.45) is 0 Å². The Labute approximate surface area is 187 Å². The van der Waals surface area contributed by atoms with Crippen LogP contribution in [0.15, 0.2) is 60.4 Å². The molecule has 0 aliphatic carbocycles. The molecule has 4 heterocycles. The molecule has 0 radical (unpaired) electrons. The lowest BCUT2D eigenvalue weighted by atomic mass is 9.91. The van der Waals surface area contributed by atoms with Gasteiger partial charge < -0.3 is 15.3 Å². The van der Waals surface area contributed by atoms with Crippen LogP contribution in [0.25, 0.3) is 22.0 Å². The number of nitrogens with zero attached hydrogens (tertiary/aromatic N) is 6. The van der Waals surface area contributed by atoms with Crippen LogP contribution in [0.5, 0.6) is 0 Å². The van der Waals surface area contributed by atoms with Crippen molar-refractivity contribution in [3.63, 3.8) is 0 Å². The molecule has 9 nitrogen and oxygen atoms in total. The highest BCUT2D eigenvalue weighted by Gasteiger charge is 2.45. The molecule has 1 amide bonds. The van der Waals surface area contributed by atoms with E-state index >= 15 is 0 Å². The van der Waals surface area contributed by atoms with E-state index in [0.29, 0.717) is 35.9 Å². The number of likely N-dealkylation sites (tertiary alicyclic amines) is 1. The van der Waals surface area contributed by atoms with E-state index in [1.807, 2.05) is 23.6 Å². The van der Waals surface area contributed by atoms with Gasteiger partial charge in [-0.2, -0.15) is 10.2 Å². The summed E-state index contributed by atoms with van der Waals surface area (Å²) < 4.78 is 0. The van der Waals surface area contributed by atoms with Crippen LogP contribution in [0, 0.1) is 0 Å². The Morgan fingerprint density at radius 3 is 2.81 bits per heavy atom. The van der Waals surface area contributed by atoms with E-state index in [0.717, 1.165) is 16.3 Å². The number of carbonyl (C=O) groups excluding carboxylic acids is 1. The van der Waals surface area contributed by atoms with Gasteiger partial charge in [0.25, 0.3) is 5.91 Å². The number of likely N-dealkylation sites (N-methyl/N-ethyl adjacent to an activating group) is 1. The molecule has 1 fully saturated rings. The number of anilines is 2. The average Bonchev–Trinajstić information content (AvgIpc) is 3.42. The first-order chi connectivity index (χ1) is 15.5. The maximum atomic E-state index is 12.5. The van der Waals surface area contributed by atoms with Gasteiger partial charge >= 0.3 is 0 Å². The lowest BCUT2D eigenvalue weighted by Gasteiger charge is -2.21. The van der Waals surface area contributed by atoms with Crippen LogP contribution >= 0.6 is 11.3 Å². The number of aliphatic hydroxyl groups is 1. The zero-order valence-corrected chi connectivity index (χ0v) is 18.0. The average molecular weight is 446 g/mol. The normalized spacial score (nSPS) is 18.2. The Morgan fingerprint density at radius 1 is 1.12 bits per heavy atom. The van der Waals surface area contributed by atoms with Crippen LogP contribution in [0.3, 0.4) is 0 Å². The lowest BCUT2D eigenvalue weighted by molar-refractivity contribution is -0.143. The van der Waals surface area contributed by atoms with Gasteiger partial charge in [0, 0.05) is 37.2 Å². The summed E-state index contributed by atoms with van der Waals surface area (Å²) in [6.45, 7) is 0.528. The van der Waals surface area contributed by atoms with Gasteiger partial charge in [0.1, 0.15) is 10.7 Å². The van der Waals surface area contributed by atoms with Crippen molar-refractivity contribution in [2.75, 3.05) is 18.9 Å². The van der Waals surface area contributed by atoms with E-state index in [1.165, 1.54) is 11.3 Å². The smallest absolute Gasteiger partial charge is 0.258 e. The number of carbonyl (C=O) groups is 1. The van der Waals surface area contributed by atoms with Gasteiger partial charge in [-0.15, -0.1) is 11.3 Å². The zero-order chi connectivity index (χ0) is 22.1. The van der Waals surface area contributed by atoms with Gasteiger partial charge in [-0.25, -0.2) is 15.0 Å². The van der Waals surface area contributed by atoms with E-state index in [-0.39, 0.29) is 5.91 Å². The fourth-order valence-electron chi connectivity index (χ4n) is 3.61. The molecule has 2 N–H and O–H groups in total. The highest BCUT2D eigenvalue weighted by Crippen LogP contribution is 2.36. The van der Waals surface area contributed by atoms with E-state index in [1.54, 1.807) is 48.7 Å². The van der Waals surface area contributed by atoms with Crippen molar-refractivity contribution in [1.82, 2.24) is 30.0 Å². The van der Waals surface area contributed by atoms with Gasteiger partial charge in [0.15, 0.2) is 5.60 Å². The molecular weight excluding hydrogens is 426 g/mol. The highest BCUT2D eigenvalue weighted by atomic mass is 32.1. The van der Waals surface area contributed by atoms with Crippen LogP contribution in [0.2, 0.25) is 0 Å². The summed E-state index contributed by atoms with van der Waals surface area (Å²) in [4.78, 5) is 27.5. The Hall–Kier alpha value is -3.76. The van der Waals surface area contributed by atoms with Crippen molar-refractivity contribution >= 4 is 28.9 Å². The summed E-state index contributed by atoms with van der Waals surface area (Å²) in [5.41, 5.74) is 2.06. The molecule has 1 unspecified atom stereocenters. The minimum Gasteiger partial charge on any atom is -0.375 e. The second-order valence-electron chi connectivity index (χ2n) is 7.48. The third-order valence-electron chi connectivity index (χ3n) is 5.36. The molecule has 1 saturated heterocycles. The Kier molecular flexibility index (Phi) is 5.08. The van der Waals surface area contributed by atoms with E-state index in [9.17, 15) is 9.90 Å². The van der Waals surface area contributed by atoms with Gasteiger partial charge in [-0.1, -0.05) is 18.2 Å². The molecule has 32 heavy (non-hydrogen) atoms. The molecule has 0 saturated carbocycles. The van der Waals surface area contributed by atoms with Gasteiger partial charge in [-0.05, 0) is 23.8 Å². The molecule has 160 valence electrons. The third kappa shape index (κ3) is 3.70. The van der Waals surface area contributed by atoms with Gasteiger partial charge in [0.2, 0.25) is 5.95 Å². The fourth-order valence-corrected chi connectivity index (χ4v) is 4.42. The van der Waals surface area contributed by atoms with Crippen molar-refractivity contribution in [2.45, 2.75) is 12.0 Å². The quantitative estimate of drug-likeness (QED) is 0.482. The first kappa shape index (κ1) is 20.2. The van der Waals surface area contributed by atoms with Crippen LogP contribution in [-0.2, 0) is 10.4 Å². The van der Waals surface area contributed by atoms with Crippen LogP contribution in [-0.4, -0.2) is 54.7 Å². The number of amides is 1. The molecule has 1 aromatic carbocycles. The molecule has 0 bridgehead atoms. The van der Waals surface area contributed by atoms with Crippen LogP contribution in [0.4, 0.5) is 11.6 Å². The predicted molar refractivity (Wildman–Crippen MR) is 120 cm³/mol. The fraction of sp³-hybridized carbons (Fsp3) is 0.182. The molecular formula is C22H19N7O2S. The number of thiazole rings is 1. The van der Waals surface area contributed by atoms with Crippen molar-refractivity contribution in [1.29, 1.82) is 0 Å². The van der Waals surface area contributed by atoms with E-state index in [4.69, 9.17) is 4.98 Å². The Bertz CT molecular complexity index is 1280. The maximum Gasteiger partial charge on any atom is 0.258 e. The first-order valence-corrected chi connectivity index (χ1v) is 10.8. The zero-order valence-electron chi connectivity index (χ0n) is 17.1. The second-order valence-corrected chi connectivity index (χ2v) is 8.34. The minimum absolute atomic E-state index is 0.278. The number of rotatable bonds is 5. The molecule has 3 aromatic heterocycles. The monoisotopic (exact) mass is 445 g/mol. The Morgan fingerprint density at radius 2 is 2.03 bits per heavy atom. The summed E-state index contributed by atoms with van der Waals surface area (Å²) in [6.07, 6.45) is 5.21. The summed E-state index contributed by atoms with van der Waals surface area (Å²) >= 11 is 1.47. The topological polar surface area (TPSA) is 117 Å². The predicted octanol–water partition coefficient (Wildman–Crippen LogP) is 2.85. The van der Waals surface area contributed by atoms with E-state index in [2.05, 4.69) is 25.5 Å². The summed E-state index contributed by atoms with van der Waals surface area (Å²) in [5, 5.41) is 24.3. The number of aromatic nitrogens is 5. The molecule has 4 aromatic rings. The SMILES string of the molecule is CN1CCC(O)(c2cccc(-c3nc(-c4ccnc(Nc5ccnnc5)n4)cs3)c2)C1=O. The number of benzene rings is 1. The molecule has 1 aliphatic rings. The van der Waals surface area contributed by atoms with Crippen molar-refractivity contribution in [3.8, 4) is 22.0 Å². The molecule has 1 aliphatic heterocycles. The molecule has 10 heteroatoms. The second kappa shape index (κ2) is 8.06. The third-order valence-corrected chi connectivity index (χ3v) is 6.25. The Balaban J connectivity index is 1.41. The standard InChI is InChI=1S/C22H19N7O2S/c1-29-10-7-22(31,20(29)30)15-4-2-3-14(11-15)19-27-18(13-32-19)17-6-8-23-21(28-17)26-16-5-9-24-25-12-16/h2-6,8-9,11-13,31H,7,10H2,1H3,(H,23,24,26,28). The molecule has 5 rings (SSSR count). The number of hydrogen-bond acceptors (Lipinski definition) is 9. The van der Waals surface area contributed by atoms with Gasteiger partial charge in [-0.3, -0.25) is 4.79 Å². The van der Waals surface area contributed by atoms with Crippen molar-refractivity contribution < 1.29 is 9.90 Å². The van der Waals surface area contributed by atoms with Crippen LogP contribution < -0.4 is 5.32 Å². The summed E-state index contributed by atoms with van der Waals surface area (Å²) in [6, 6.07) is 10.9. The summed E-state index contributed by atoms with van der Waals surface area (Å²) in [5.74, 6) is 0.151. The number of hydrogen-bond donors (Lipinski definition) is 2. The van der Waals surface area contributed by atoms with Crippen LogP contribution in [0.1, 0.15) is 12.0 Å². The minimum atomic E-state index is -1.49.